The number of hydrogen-bond acceptors (Lipinski definition) is 1. The smallest absolute Gasteiger partial charge is 0.0652 e. The standard InChI is InChI=1S/C22H42BrN/c1-5-8-10-12-14-19(13-11-9-6-2)20-15-17-21(18-16-20)24(4)22(23)7-3/h15,19,21-22H,5-14,16-18H2,1-4H3. The second-order valence-electron chi connectivity index (χ2n) is 7.76. The molecule has 3 unspecified atom stereocenters. The Morgan fingerprint density at radius 2 is 1.67 bits per heavy atom. The van der Waals surface area contributed by atoms with Gasteiger partial charge >= 0.3 is 0 Å². The van der Waals surface area contributed by atoms with Crippen LogP contribution in [0.25, 0.3) is 0 Å². The summed E-state index contributed by atoms with van der Waals surface area (Å²) in [4.78, 5) is 3.08. The zero-order chi connectivity index (χ0) is 17.8. The van der Waals surface area contributed by atoms with E-state index in [1.54, 1.807) is 5.57 Å². The van der Waals surface area contributed by atoms with E-state index in [2.05, 4.69) is 54.7 Å². The minimum atomic E-state index is 0.534. The van der Waals surface area contributed by atoms with Crippen LogP contribution in [-0.2, 0) is 0 Å². The van der Waals surface area contributed by atoms with Crippen molar-refractivity contribution in [1.29, 1.82) is 0 Å². The third kappa shape index (κ3) is 8.04. The van der Waals surface area contributed by atoms with Gasteiger partial charge in [0, 0.05) is 6.04 Å². The van der Waals surface area contributed by atoms with Gasteiger partial charge in [0.25, 0.3) is 0 Å². The molecule has 0 saturated heterocycles. The third-order valence-corrected chi connectivity index (χ3v) is 7.15. The van der Waals surface area contributed by atoms with Crippen LogP contribution >= 0.6 is 15.9 Å². The van der Waals surface area contributed by atoms with Gasteiger partial charge in [0.2, 0.25) is 0 Å². The average Bonchev–Trinajstić information content (AvgIpc) is 2.62. The summed E-state index contributed by atoms with van der Waals surface area (Å²) in [6.07, 6.45) is 20.4. The molecule has 1 aliphatic rings. The Kier molecular flexibility index (Phi) is 12.4. The van der Waals surface area contributed by atoms with Crippen molar-refractivity contribution in [3.05, 3.63) is 11.6 Å². The van der Waals surface area contributed by atoms with Crippen molar-refractivity contribution < 1.29 is 0 Å². The van der Waals surface area contributed by atoms with Crippen LogP contribution in [0.4, 0.5) is 0 Å². The molecule has 0 heterocycles. The molecule has 0 amide bonds. The van der Waals surface area contributed by atoms with Crippen LogP contribution in [0.5, 0.6) is 0 Å². The van der Waals surface area contributed by atoms with Crippen LogP contribution in [0.15, 0.2) is 11.6 Å². The van der Waals surface area contributed by atoms with E-state index in [4.69, 9.17) is 0 Å². The second kappa shape index (κ2) is 13.4. The lowest BCUT2D eigenvalue weighted by molar-refractivity contribution is 0.207. The maximum atomic E-state index is 3.82. The van der Waals surface area contributed by atoms with E-state index in [1.165, 1.54) is 83.5 Å². The summed E-state index contributed by atoms with van der Waals surface area (Å²) in [5.74, 6) is 0.880. The zero-order valence-electron chi connectivity index (χ0n) is 16.8. The minimum absolute atomic E-state index is 0.534. The lowest BCUT2D eigenvalue weighted by Crippen LogP contribution is -2.38. The lowest BCUT2D eigenvalue weighted by Gasteiger charge is -2.35. The van der Waals surface area contributed by atoms with Crippen LogP contribution < -0.4 is 0 Å². The van der Waals surface area contributed by atoms with Gasteiger partial charge < -0.3 is 0 Å². The molecule has 0 aromatic carbocycles. The highest BCUT2D eigenvalue weighted by atomic mass is 79.9. The lowest BCUT2D eigenvalue weighted by atomic mass is 9.81. The van der Waals surface area contributed by atoms with Gasteiger partial charge in [-0.2, -0.15) is 0 Å². The van der Waals surface area contributed by atoms with Crippen molar-refractivity contribution in [2.75, 3.05) is 7.05 Å². The largest absolute Gasteiger partial charge is 0.291 e. The number of hydrogen-bond donors (Lipinski definition) is 0. The van der Waals surface area contributed by atoms with Crippen molar-refractivity contribution in [3.8, 4) is 0 Å². The molecule has 1 rings (SSSR count). The molecule has 1 nitrogen and oxygen atoms in total. The summed E-state index contributed by atoms with van der Waals surface area (Å²) < 4.78 is 0. The Balaban J connectivity index is 2.54. The molecule has 0 aromatic rings. The van der Waals surface area contributed by atoms with Gasteiger partial charge in [-0.25, -0.2) is 0 Å². The predicted molar refractivity (Wildman–Crippen MR) is 113 cm³/mol. The highest BCUT2D eigenvalue weighted by Crippen LogP contribution is 2.34. The number of halogens is 1. The Labute approximate surface area is 160 Å². The van der Waals surface area contributed by atoms with E-state index >= 15 is 0 Å². The fourth-order valence-corrected chi connectivity index (χ4v) is 4.41. The van der Waals surface area contributed by atoms with Crippen LogP contribution in [0, 0.1) is 5.92 Å². The molecule has 1 aliphatic carbocycles. The fourth-order valence-electron chi connectivity index (χ4n) is 4.07. The summed E-state index contributed by atoms with van der Waals surface area (Å²) in [5.41, 5.74) is 1.80. The number of allylic oxidation sites excluding steroid dienone is 1. The van der Waals surface area contributed by atoms with Crippen molar-refractivity contribution in [2.45, 2.75) is 115 Å². The van der Waals surface area contributed by atoms with Gasteiger partial charge in [0.05, 0.1) is 4.95 Å². The molecular formula is C22H42BrN. The molecule has 0 aliphatic heterocycles. The molecule has 0 spiro atoms. The molecule has 0 aromatic heterocycles. The first-order chi connectivity index (χ1) is 11.6. The van der Waals surface area contributed by atoms with Gasteiger partial charge in [-0.1, -0.05) is 93.3 Å². The summed E-state index contributed by atoms with van der Waals surface area (Å²) in [6, 6.07) is 0.731. The topological polar surface area (TPSA) is 3.24 Å². The molecular weight excluding hydrogens is 358 g/mol. The SMILES string of the molecule is CCCCCCC(CCCCC)C1=CCC(N(C)C(Br)CC)CC1. The highest BCUT2D eigenvalue weighted by molar-refractivity contribution is 9.09. The fraction of sp³-hybridized carbons (Fsp3) is 0.909. The van der Waals surface area contributed by atoms with Gasteiger partial charge in [0.1, 0.15) is 0 Å². The van der Waals surface area contributed by atoms with Crippen molar-refractivity contribution in [2.24, 2.45) is 5.92 Å². The van der Waals surface area contributed by atoms with Crippen LogP contribution in [0.1, 0.15) is 104 Å². The molecule has 0 saturated carbocycles. The Hall–Kier alpha value is 0.180. The Bertz CT molecular complexity index is 339. The number of alkyl halides is 1. The van der Waals surface area contributed by atoms with Crippen molar-refractivity contribution in [1.82, 2.24) is 4.90 Å². The normalized spacial score (nSPS) is 20.9. The maximum Gasteiger partial charge on any atom is 0.0652 e. The summed E-state index contributed by atoms with van der Waals surface area (Å²) in [7, 11) is 2.29. The molecule has 0 fully saturated rings. The minimum Gasteiger partial charge on any atom is -0.291 e. The van der Waals surface area contributed by atoms with E-state index in [0.29, 0.717) is 4.95 Å². The van der Waals surface area contributed by atoms with E-state index in [0.717, 1.165) is 12.0 Å². The first kappa shape index (κ1) is 22.2. The first-order valence-corrected chi connectivity index (χ1v) is 11.6. The molecule has 2 heteroatoms. The van der Waals surface area contributed by atoms with Crippen LogP contribution in [-0.4, -0.2) is 22.9 Å². The van der Waals surface area contributed by atoms with Crippen LogP contribution in [0.3, 0.4) is 0 Å². The predicted octanol–water partition coefficient (Wildman–Crippen LogP) is 7.70. The van der Waals surface area contributed by atoms with Crippen molar-refractivity contribution in [3.63, 3.8) is 0 Å². The Morgan fingerprint density at radius 1 is 1.04 bits per heavy atom. The molecule has 3 atom stereocenters. The van der Waals surface area contributed by atoms with E-state index < -0.39 is 0 Å². The van der Waals surface area contributed by atoms with Gasteiger partial charge in [-0.05, 0) is 51.5 Å². The summed E-state index contributed by atoms with van der Waals surface area (Å²) in [6.45, 7) is 6.90. The molecule has 24 heavy (non-hydrogen) atoms. The highest BCUT2D eigenvalue weighted by Gasteiger charge is 2.24. The zero-order valence-corrected chi connectivity index (χ0v) is 18.4. The van der Waals surface area contributed by atoms with Gasteiger partial charge in [0.15, 0.2) is 0 Å². The quantitative estimate of drug-likeness (QED) is 0.133. The van der Waals surface area contributed by atoms with Crippen LogP contribution in [0.2, 0.25) is 0 Å². The average molecular weight is 400 g/mol. The third-order valence-electron chi connectivity index (χ3n) is 5.86. The van der Waals surface area contributed by atoms with Gasteiger partial charge in [-0.3, -0.25) is 4.90 Å². The van der Waals surface area contributed by atoms with E-state index in [-0.39, 0.29) is 0 Å². The van der Waals surface area contributed by atoms with E-state index in [1.807, 2.05) is 0 Å². The summed E-state index contributed by atoms with van der Waals surface area (Å²) >= 11 is 3.82. The first-order valence-electron chi connectivity index (χ1n) is 10.7. The summed E-state index contributed by atoms with van der Waals surface area (Å²) in [5, 5.41) is 0. The molecule has 0 bridgehead atoms. The monoisotopic (exact) mass is 399 g/mol. The molecule has 0 N–H and O–H groups in total. The van der Waals surface area contributed by atoms with E-state index in [9.17, 15) is 0 Å². The number of unbranched alkanes of at least 4 members (excludes halogenated alkanes) is 5. The maximum absolute atomic E-state index is 3.82. The van der Waals surface area contributed by atoms with Crippen molar-refractivity contribution >= 4 is 15.9 Å². The Morgan fingerprint density at radius 3 is 2.21 bits per heavy atom. The number of rotatable bonds is 13. The van der Waals surface area contributed by atoms with Gasteiger partial charge in [-0.15, -0.1) is 0 Å². The second-order valence-corrected chi connectivity index (χ2v) is 8.81. The molecule has 142 valence electrons. The molecule has 0 radical (unpaired) electrons. The number of nitrogens with zero attached hydrogens (tertiary/aromatic N) is 1.